The van der Waals surface area contributed by atoms with Crippen LogP contribution in [-0.4, -0.2) is 0 Å². The number of aryl methyl sites for hydroxylation is 4. The highest BCUT2D eigenvalue weighted by atomic mass is 14.4. The molecule has 0 heteroatoms. The highest BCUT2D eigenvalue weighted by Crippen LogP contribution is 2.54. The van der Waals surface area contributed by atoms with Gasteiger partial charge in [-0.05, 0) is 215 Å². The lowest BCUT2D eigenvalue weighted by Crippen LogP contribution is -2.17. The molecule has 0 radical (unpaired) electrons. The molecule has 5 atom stereocenters. The van der Waals surface area contributed by atoms with Crippen molar-refractivity contribution < 1.29 is 0 Å². The zero-order valence-corrected chi connectivity index (χ0v) is 51.6. The van der Waals surface area contributed by atoms with Crippen molar-refractivity contribution in [2.24, 2.45) is 11.8 Å². The summed E-state index contributed by atoms with van der Waals surface area (Å²) >= 11 is 0. The molecule has 0 N–H and O–H groups in total. The average molecular weight is 1030 g/mol. The van der Waals surface area contributed by atoms with Gasteiger partial charge in [-0.15, -0.1) is 0 Å². The topological polar surface area (TPSA) is 0 Å². The van der Waals surface area contributed by atoms with Gasteiger partial charge in [0.1, 0.15) is 0 Å². The zero-order valence-electron chi connectivity index (χ0n) is 51.6. The number of rotatable bonds is 6. The van der Waals surface area contributed by atoms with E-state index in [2.05, 4.69) is 263 Å². The van der Waals surface area contributed by atoms with Crippen LogP contribution in [0.5, 0.6) is 0 Å². The Kier molecular flexibility index (Phi) is 17.5. The van der Waals surface area contributed by atoms with Crippen LogP contribution in [0.15, 0.2) is 162 Å². The van der Waals surface area contributed by atoms with Crippen LogP contribution in [-0.2, 0) is 23.7 Å². The van der Waals surface area contributed by atoms with E-state index in [4.69, 9.17) is 0 Å². The minimum atomic E-state index is -0.0907. The van der Waals surface area contributed by atoms with E-state index in [0.717, 1.165) is 12.8 Å². The Balaban J connectivity index is 0.000000304. The predicted molar refractivity (Wildman–Crippen MR) is 344 cm³/mol. The molecule has 4 aliphatic carbocycles. The molecule has 0 heterocycles. The zero-order chi connectivity index (χ0) is 56.5. The molecule has 0 nitrogen and oxygen atoms in total. The van der Waals surface area contributed by atoms with Crippen LogP contribution in [0.25, 0.3) is 33.0 Å². The molecular weight excluding hydrogens is 937 g/mol. The van der Waals surface area contributed by atoms with Crippen molar-refractivity contribution >= 4 is 21.9 Å². The number of hydrogen-bond donors (Lipinski definition) is 0. The lowest BCUT2D eigenvalue weighted by Gasteiger charge is -2.33. The third kappa shape index (κ3) is 11.6. The summed E-state index contributed by atoms with van der Waals surface area (Å²) in [6, 6.07) is 49.2. The second-order valence-corrected chi connectivity index (χ2v) is 25.4. The van der Waals surface area contributed by atoms with E-state index in [0.29, 0.717) is 29.6 Å². The normalized spacial score (nSPS) is 18.7. The summed E-state index contributed by atoms with van der Waals surface area (Å²) in [6.07, 6.45) is 11.5. The van der Waals surface area contributed by atoms with Crippen LogP contribution in [0.1, 0.15) is 218 Å². The fourth-order valence-electron chi connectivity index (χ4n) is 13.2. The third-order valence-corrected chi connectivity index (χ3v) is 18.7. The van der Waals surface area contributed by atoms with Crippen LogP contribution in [0.3, 0.4) is 0 Å². The number of allylic oxidation sites excluding steroid dienone is 8. The van der Waals surface area contributed by atoms with Crippen molar-refractivity contribution in [3.63, 3.8) is 0 Å². The average Bonchev–Trinajstić information content (AvgIpc) is 3.82. The molecule has 0 amide bonds. The van der Waals surface area contributed by atoms with Crippen LogP contribution in [0.4, 0.5) is 0 Å². The minimum Gasteiger partial charge on any atom is -0.0870 e. The van der Waals surface area contributed by atoms with Crippen LogP contribution in [0.2, 0.25) is 0 Å². The van der Waals surface area contributed by atoms with Gasteiger partial charge in [0.2, 0.25) is 0 Å². The molecule has 0 bridgehead atoms. The van der Waals surface area contributed by atoms with Crippen molar-refractivity contribution in [3.05, 3.63) is 246 Å². The van der Waals surface area contributed by atoms with Gasteiger partial charge in [0, 0.05) is 5.41 Å². The molecule has 0 aliphatic heterocycles. The number of benzene rings is 7. The first kappa shape index (κ1) is 57.9. The molecule has 7 aromatic carbocycles. The first-order chi connectivity index (χ1) is 37.1. The van der Waals surface area contributed by atoms with Crippen LogP contribution in [0, 0.1) is 39.5 Å². The molecule has 7 aromatic rings. The fourth-order valence-corrected chi connectivity index (χ4v) is 13.2. The molecule has 0 saturated carbocycles. The Labute approximate surface area is 474 Å². The maximum atomic E-state index is 2.58. The van der Waals surface area contributed by atoms with E-state index in [-0.39, 0.29) is 10.8 Å². The van der Waals surface area contributed by atoms with Gasteiger partial charge in [-0.25, -0.2) is 0 Å². The molecule has 0 aromatic heterocycles. The number of fused-ring (bicyclic) bond motifs is 8. The molecule has 406 valence electrons. The SMILES string of the molecule is C/C=C\C1=C(C)C(C)C(C)c2cc(C(C)C(C)c3ccc4c(c3)C(C)(C)c3cc(Cc5ccc6c(c5)CC(C)C5=C6C=C(C)CC5)c5ccccc5c3-4)ccc21.CC.Cc1ccc(C)c(C)c1.Cc1cccc(C(C)(C)C)c1. The van der Waals surface area contributed by atoms with Crippen LogP contribution < -0.4 is 0 Å². The maximum absolute atomic E-state index is 2.58. The van der Waals surface area contributed by atoms with Gasteiger partial charge in [0.25, 0.3) is 0 Å². The first-order valence-electron chi connectivity index (χ1n) is 29.9. The van der Waals surface area contributed by atoms with E-state index >= 15 is 0 Å². The lowest BCUT2D eigenvalue weighted by molar-refractivity contribution is 0.550. The van der Waals surface area contributed by atoms with E-state index in [9.17, 15) is 0 Å². The van der Waals surface area contributed by atoms with Gasteiger partial charge in [-0.3, -0.25) is 0 Å². The number of hydrogen-bond acceptors (Lipinski definition) is 0. The summed E-state index contributed by atoms with van der Waals surface area (Å²) in [5.41, 5.74) is 32.2. The van der Waals surface area contributed by atoms with E-state index in [1.54, 1.807) is 5.57 Å². The van der Waals surface area contributed by atoms with E-state index < -0.39 is 0 Å². The van der Waals surface area contributed by atoms with Crippen molar-refractivity contribution in [2.45, 2.75) is 186 Å². The largest absolute Gasteiger partial charge is 0.0870 e. The third-order valence-electron chi connectivity index (χ3n) is 18.7. The summed E-state index contributed by atoms with van der Waals surface area (Å²) in [5, 5.41) is 2.78. The highest BCUT2D eigenvalue weighted by Gasteiger charge is 2.38. The Morgan fingerprint density at radius 3 is 1.91 bits per heavy atom. The second kappa shape index (κ2) is 23.6. The molecule has 0 spiro atoms. The Hall–Kier alpha value is -6.24. The summed E-state index contributed by atoms with van der Waals surface area (Å²) in [5.74, 6) is 2.47. The Bertz CT molecular complexity index is 3470. The quantitative estimate of drug-likeness (QED) is 0.156. The molecule has 4 aliphatic rings. The Morgan fingerprint density at radius 2 is 1.27 bits per heavy atom. The lowest BCUT2D eigenvalue weighted by atomic mass is 9.72. The van der Waals surface area contributed by atoms with Crippen molar-refractivity contribution in [3.8, 4) is 11.1 Å². The van der Waals surface area contributed by atoms with Gasteiger partial charge in [0.15, 0.2) is 0 Å². The van der Waals surface area contributed by atoms with Crippen LogP contribution >= 0.6 is 0 Å². The maximum Gasteiger partial charge on any atom is 0.0159 e. The smallest absolute Gasteiger partial charge is 0.0159 e. The van der Waals surface area contributed by atoms with Crippen molar-refractivity contribution in [1.82, 2.24) is 0 Å². The summed E-state index contributed by atoms with van der Waals surface area (Å²) in [6.45, 7) is 43.1. The van der Waals surface area contributed by atoms with Gasteiger partial charge in [-0.1, -0.05) is 257 Å². The minimum absolute atomic E-state index is 0.0907. The molecule has 78 heavy (non-hydrogen) atoms. The van der Waals surface area contributed by atoms with Gasteiger partial charge < -0.3 is 0 Å². The summed E-state index contributed by atoms with van der Waals surface area (Å²) < 4.78 is 0. The fraction of sp³-hybridized carbons (Fsp3) is 0.385. The summed E-state index contributed by atoms with van der Waals surface area (Å²) in [7, 11) is 0. The first-order valence-corrected chi connectivity index (χ1v) is 29.9. The molecule has 0 saturated heterocycles. The monoisotopic (exact) mass is 1030 g/mol. The van der Waals surface area contributed by atoms with Gasteiger partial charge in [0.05, 0.1) is 0 Å². The standard InChI is InChI=1S/C56H60.C11H16.C9H12.C2H6/c1-11-14-45-37(7)34(4)38(8)51-29-40(19-23-48(45)51)35(5)36(6)41-20-24-50-53(30-41)56(9,10)54-31-43(46-15-12-13-16-49(46)55(50)54)28-39-18-22-47-42(27-39)26-33(3)44-21-17-32(2)25-52(44)47;1-9-6-5-7-10(8-9)11(2,3)4;1-7-4-5-8(2)9(3)6-7;1-2/h11-16,18-20,22-25,27,29-31,33-36,38H,17,21,26,28H2,1-10H3;5-8H,1-4H3;4-6H,1-3H3;1-2H3/b14-11-;;;. The van der Waals surface area contributed by atoms with Gasteiger partial charge in [-0.2, -0.15) is 0 Å². The van der Waals surface area contributed by atoms with Crippen molar-refractivity contribution in [2.75, 3.05) is 0 Å². The molecular formula is C78H94. The summed E-state index contributed by atoms with van der Waals surface area (Å²) in [4.78, 5) is 0. The molecule has 0 fully saturated rings. The second-order valence-electron chi connectivity index (χ2n) is 25.4. The van der Waals surface area contributed by atoms with E-state index in [1.165, 1.54) is 140 Å². The molecule has 11 rings (SSSR count). The Morgan fingerprint density at radius 1 is 0.615 bits per heavy atom. The predicted octanol–water partition coefficient (Wildman–Crippen LogP) is 22.4. The van der Waals surface area contributed by atoms with E-state index in [1.807, 2.05) is 13.8 Å². The highest BCUT2D eigenvalue weighted by molar-refractivity contribution is 6.04. The van der Waals surface area contributed by atoms with Crippen molar-refractivity contribution in [1.29, 1.82) is 0 Å². The molecule has 5 unspecified atom stereocenters. The van der Waals surface area contributed by atoms with Gasteiger partial charge >= 0.3 is 0 Å².